The van der Waals surface area contributed by atoms with Crippen molar-refractivity contribution in [3.63, 3.8) is 0 Å². The van der Waals surface area contributed by atoms with Crippen molar-refractivity contribution in [3.05, 3.63) is 59.9 Å². The average Bonchev–Trinajstić information content (AvgIpc) is 2.64. The summed E-state index contributed by atoms with van der Waals surface area (Å²) in [6.07, 6.45) is 3.37. The summed E-state index contributed by atoms with van der Waals surface area (Å²) in [5, 5.41) is 5.64. The number of carbonyl (C=O) groups excluding carboxylic acids is 2. The number of methoxy groups -OCH3 is 1. The van der Waals surface area contributed by atoms with Crippen LogP contribution in [0.4, 0.5) is 0 Å². The predicted octanol–water partition coefficient (Wildman–Crippen LogP) is 2.16. The third-order valence-corrected chi connectivity index (χ3v) is 3.76. The molecule has 0 bridgehead atoms. The van der Waals surface area contributed by atoms with Crippen molar-refractivity contribution in [2.45, 2.75) is 26.4 Å². The van der Waals surface area contributed by atoms with E-state index in [1.165, 1.54) is 0 Å². The van der Waals surface area contributed by atoms with Crippen LogP contribution >= 0.6 is 0 Å². The van der Waals surface area contributed by atoms with Crippen LogP contribution in [0, 0.1) is 5.92 Å². The second kappa shape index (κ2) is 8.82. The lowest BCUT2D eigenvalue weighted by Gasteiger charge is -2.22. The summed E-state index contributed by atoms with van der Waals surface area (Å²) in [5.41, 5.74) is 1.35. The molecule has 0 aliphatic rings. The van der Waals surface area contributed by atoms with Crippen molar-refractivity contribution in [1.82, 2.24) is 15.6 Å². The molecule has 2 aromatic rings. The number of ether oxygens (including phenoxy) is 1. The molecule has 1 heterocycles. The molecule has 2 N–H and O–H groups in total. The minimum absolute atomic E-state index is 0.0524. The molecule has 0 unspecified atom stereocenters. The van der Waals surface area contributed by atoms with Gasteiger partial charge in [0, 0.05) is 24.5 Å². The van der Waals surface area contributed by atoms with Gasteiger partial charge in [-0.3, -0.25) is 14.6 Å². The average molecular weight is 341 g/mol. The molecule has 0 aliphatic carbocycles. The number of nitrogens with zero attached hydrogens (tertiary/aromatic N) is 1. The number of amides is 2. The zero-order chi connectivity index (χ0) is 18.2. The molecule has 1 aromatic heterocycles. The highest BCUT2D eigenvalue weighted by molar-refractivity contribution is 5.97. The van der Waals surface area contributed by atoms with Crippen LogP contribution < -0.4 is 15.4 Å². The molecule has 1 aromatic carbocycles. The fraction of sp³-hybridized carbons (Fsp3) is 0.316. The Balaban J connectivity index is 2.01. The Labute approximate surface area is 147 Å². The van der Waals surface area contributed by atoms with Gasteiger partial charge in [-0.15, -0.1) is 0 Å². The van der Waals surface area contributed by atoms with E-state index in [4.69, 9.17) is 4.74 Å². The first-order valence-electron chi connectivity index (χ1n) is 8.12. The van der Waals surface area contributed by atoms with E-state index >= 15 is 0 Å². The maximum atomic E-state index is 12.5. The lowest BCUT2D eigenvalue weighted by molar-refractivity contribution is -0.124. The Hall–Kier alpha value is -2.89. The van der Waals surface area contributed by atoms with Crippen LogP contribution in [0.3, 0.4) is 0 Å². The van der Waals surface area contributed by atoms with E-state index in [1.54, 1.807) is 43.8 Å². The van der Waals surface area contributed by atoms with E-state index < -0.39 is 6.04 Å². The minimum Gasteiger partial charge on any atom is -0.497 e. The fourth-order valence-electron chi connectivity index (χ4n) is 2.33. The maximum Gasteiger partial charge on any atom is 0.252 e. The van der Waals surface area contributed by atoms with Gasteiger partial charge in [0.2, 0.25) is 5.91 Å². The molecule has 0 fully saturated rings. The Morgan fingerprint density at radius 3 is 2.64 bits per heavy atom. The molecule has 25 heavy (non-hydrogen) atoms. The first-order chi connectivity index (χ1) is 12.0. The summed E-state index contributed by atoms with van der Waals surface area (Å²) in [4.78, 5) is 28.9. The topological polar surface area (TPSA) is 80.3 Å². The number of hydrogen-bond donors (Lipinski definition) is 2. The number of hydrogen-bond acceptors (Lipinski definition) is 4. The smallest absolute Gasteiger partial charge is 0.252 e. The van der Waals surface area contributed by atoms with Crippen molar-refractivity contribution in [2.24, 2.45) is 5.92 Å². The molecule has 0 radical (unpaired) electrons. The number of rotatable bonds is 7. The molecule has 0 spiro atoms. The fourth-order valence-corrected chi connectivity index (χ4v) is 2.33. The van der Waals surface area contributed by atoms with Crippen LogP contribution in [0.5, 0.6) is 5.75 Å². The maximum absolute atomic E-state index is 12.5. The van der Waals surface area contributed by atoms with Gasteiger partial charge in [-0.2, -0.15) is 0 Å². The second-order valence-corrected chi connectivity index (χ2v) is 6.01. The summed E-state index contributed by atoms with van der Waals surface area (Å²) in [5.74, 6) is 0.00228. The Morgan fingerprint density at radius 2 is 2.00 bits per heavy atom. The van der Waals surface area contributed by atoms with Crippen molar-refractivity contribution < 1.29 is 14.3 Å². The SMILES string of the molecule is COc1cccc(C(=O)N[C@@H](C(=O)NCc2cccnc2)C(C)C)c1. The zero-order valence-electron chi connectivity index (χ0n) is 14.7. The molecular weight excluding hydrogens is 318 g/mol. The third kappa shape index (κ3) is 5.31. The van der Waals surface area contributed by atoms with Crippen LogP contribution in [0.25, 0.3) is 0 Å². The van der Waals surface area contributed by atoms with E-state index in [1.807, 2.05) is 26.0 Å². The molecular formula is C19H23N3O3. The monoisotopic (exact) mass is 341 g/mol. The normalized spacial score (nSPS) is 11.7. The molecule has 2 rings (SSSR count). The molecule has 0 saturated heterocycles. The van der Waals surface area contributed by atoms with Gasteiger partial charge < -0.3 is 15.4 Å². The van der Waals surface area contributed by atoms with Crippen LogP contribution in [-0.4, -0.2) is 29.9 Å². The van der Waals surface area contributed by atoms with E-state index in [9.17, 15) is 9.59 Å². The highest BCUT2D eigenvalue weighted by Gasteiger charge is 2.24. The summed E-state index contributed by atoms with van der Waals surface area (Å²) in [6, 6.07) is 9.88. The largest absolute Gasteiger partial charge is 0.497 e. The number of benzene rings is 1. The standard InChI is InChI=1S/C19H23N3O3/c1-13(2)17(19(24)21-12-14-6-5-9-20-11-14)22-18(23)15-7-4-8-16(10-15)25-3/h4-11,13,17H,12H2,1-3H3,(H,21,24)(H,22,23)/t17-/m1/s1. The first-order valence-corrected chi connectivity index (χ1v) is 8.12. The van der Waals surface area contributed by atoms with E-state index in [0.29, 0.717) is 17.9 Å². The number of aromatic nitrogens is 1. The Bertz CT molecular complexity index is 717. The minimum atomic E-state index is -0.629. The summed E-state index contributed by atoms with van der Waals surface area (Å²) < 4.78 is 5.13. The van der Waals surface area contributed by atoms with Gasteiger partial charge in [-0.05, 0) is 35.7 Å². The molecule has 0 aliphatic heterocycles. The highest BCUT2D eigenvalue weighted by atomic mass is 16.5. The molecule has 2 amide bonds. The Morgan fingerprint density at radius 1 is 1.20 bits per heavy atom. The van der Waals surface area contributed by atoms with E-state index in [2.05, 4.69) is 15.6 Å². The third-order valence-electron chi connectivity index (χ3n) is 3.76. The van der Waals surface area contributed by atoms with Gasteiger partial charge in [-0.25, -0.2) is 0 Å². The summed E-state index contributed by atoms with van der Waals surface area (Å²) >= 11 is 0. The molecule has 1 atom stereocenters. The lowest BCUT2D eigenvalue weighted by Crippen LogP contribution is -2.49. The molecule has 132 valence electrons. The van der Waals surface area contributed by atoms with Crippen LogP contribution in [0.2, 0.25) is 0 Å². The number of nitrogens with one attached hydrogen (secondary N) is 2. The number of pyridine rings is 1. The second-order valence-electron chi connectivity index (χ2n) is 6.01. The summed E-state index contributed by atoms with van der Waals surface area (Å²) in [7, 11) is 1.54. The van der Waals surface area contributed by atoms with Gasteiger partial charge in [0.05, 0.1) is 7.11 Å². The van der Waals surface area contributed by atoms with Gasteiger partial charge in [-0.1, -0.05) is 26.0 Å². The van der Waals surface area contributed by atoms with Gasteiger partial charge >= 0.3 is 0 Å². The van der Waals surface area contributed by atoms with Gasteiger partial charge in [0.1, 0.15) is 11.8 Å². The quantitative estimate of drug-likeness (QED) is 0.809. The molecule has 6 nitrogen and oxygen atoms in total. The van der Waals surface area contributed by atoms with Crippen molar-refractivity contribution in [2.75, 3.05) is 7.11 Å². The molecule has 6 heteroatoms. The van der Waals surface area contributed by atoms with E-state index in [-0.39, 0.29) is 17.7 Å². The Kier molecular flexibility index (Phi) is 6.51. The predicted molar refractivity (Wildman–Crippen MR) is 95.2 cm³/mol. The van der Waals surface area contributed by atoms with Crippen LogP contribution in [-0.2, 0) is 11.3 Å². The zero-order valence-corrected chi connectivity index (χ0v) is 14.7. The summed E-state index contributed by atoms with van der Waals surface area (Å²) in [6.45, 7) is 4.14. The molecule has 0 saturated carbocycles. The van der Waals surface area contributed by atoms with Crippen molar-refractivity contribution >= 4 is 11.8 Å². The highest BCUT2D eigenvalue weighted by Crippen LogP contribution is 2.13. The van der Waals surface area contributed by atoms with Crippen molar-refractivity contribution in [3.8, 4) is 5.75 Å². The van der Waals surface area contributed by atoms with E-state index in [0.717, 1.165) is 5.56 Å². The van der Waals surface area contributed by atoms with Crippen LogP contribution in [0.15, 0.2) is 48.8 Å². The van der Waals surface area contributed by atoms with Gasteiger partial charge in [0.15, 0.2) is 0 Å². The van der Waals surface area contributed by atoms with Gasteiger partial charge in [0.25, 0.3) is 5.91 Å². The lowest BCUT2D eigenvalue weighted by atomic mass is 10.0. The van der Waals surface area contributed by atoms with Crippen molar-refractivity contribution in [1.29, 1.82) is 0 Å². The van der Waals surface area contributed by atoms with Crippen LogP contribution in [0.1, 0.15) is 29.8 Å². The first kappa shape index (κ1) is 18.4. The number of carbonyl (C=O) groups is 2.